The topological polar surface area (TPSA) is 105 Å². The number of piperidine rings is 1. The van der Waals surface area contributed by atoms with Crippen molar-refractivity contribution in [3.63, 3.8) is 0 Å². The van der Waals surface area contributed by atoms with E-state index in [1.165, 1.54) is 16.6 Å². The van der Waals surface area contributed by atoms with Gasteiger partial charge in [0.05, 0.1) is 0 Å². The molecule has 1 N–H and O–H groups in total. The molecule has 1 saturated heterocycles. The minimum atomic E-state index is -3.63. The fourth-order valence-corrected chi connectivity index (χ4v) is 5.07. The Morgan fingerprint density at radius 2 is 2.11 bits per heavy atom. The van der Waals surface area contributed by atoms with E-state index in [0.29, 0.717) is 25.3 Å². The minimum absolute atomic E-state index is 0.0505. The molecule has 3 heterocycles. The van der Waals surface area contributed by atoms with Gasteiger partial charge in [-0.3, -0.25) is 4.79 Å². The molecule has 8 nitrogen and oxygen atoms in total. The molecule has 27 heavy (non-hydrogen) atoms. The SMILES string of the molecule is C[C@H]1C[C@@H](NC(=O)c2cc(C3CC3)on2)CCN1S(=O)(=O)c1ccccn1. The summed E-state index contributed by atoms with van der Waals surface area (Å²) in [5.74, 6) is 0.896. The highest BCUT2D eigenvalue weighted by Crippen LogP contribution is 2.40. The molecule has 2 atom stereocenters. The Bertz CT molecular complexity index is 924. The molecule has 0 aromatic carbocycles. The van der Waals surface area contributed by atoms with E-state index in [4.69, 9.17) is 4.52 Å². The average Bonchev–Trinajstić information content (AvgIpc) is 3.39. The molecule has 0 unspecified atom stereocenters. The molecule has 4 rings (SSSR count). The molecule has 0 bridgehead atoms. The number of carbonyl (C=O) groups is 1. The van der Waals surface area contributed by atoms with Crippen molar-refractivity contribution >= 4 is 15.9 Å². The first-order valence-electron chi connectivity index (χ1n) is 9.15. The average molecular weight is 390 g/mol. The largest absolute Gasteiger partial charge is 0.360 e. The lowest BCUT2D eigenvalue weighted by Crippen LogP contribution is -2.50. The maximum absolute atomic E-state index is 12.8. The molecular formula is C18H22N4O4S. The zero-order valence-electron chi connectivity index (χ0n) is 15.0. The van der Waals surface area contributed by atoms with E-state index in [-0.39, 0.29) is 28.7 Å². The third kappa shape index (κ3) is 3.74. The number of nitrogens with one attached hydrogen (secondary N) is 1. The van der Waals surface area contributed by atoms with E-state index >= 15 is 0 Å². The van der Waals surface area contributed by atoms with Crippen molar-refractivity contribution in [2.45, 2.75) is 55.6 Å². The Morgan fingerprint density at radius 1 is 1.30 bits per heavy atom. The number of carbonyl (C=O) groups excluding carboxylic acids is 1. The van der Waals surface area contributed by atoms with Crippen LogP contribution in [0.25, 0.3) is 0 Å². The highest BCUT2D eigenvalue weighted by atomic mass is 32.2. The predicted octanol–water partition coefficient (Wildman–Crippen LogP) is 1.92. The highest BCUT2D eigenvalue weighted by Gasteiger charge is 2.36. The second-order valence-corrected chi connectivity index (χ2v) is 9.05. The van der Waals surface area contributed by atoms with Crippen LogP contribution in [0.3, 0.4) is 0 Å². The van der Waals surface area contributed by atoms with E-state index < -0.39 is 10.0 Å². The van der Waals surface area contributed by atoms with Crippen molar-refractivity contribution in [1.29, 1.82) is 0 Å². The van der Waals surface area contributed by atoms with Crippen LogP contribution in [0.1, 0.15) is 54.8 Å². The third-order valence-electron chi connectivity index (χ3n) is 5.10. The first-order chi connectivity index (χ1) is 12.9. The number of hydrogen-bond acceptors (Lipinski definition) is 6. The molecule has 1 aliphatic heterocycles. The van der Waals surface area contributed by atoms with Gasteiger partial charge in [-0.15, -0.1) is 0 Å². The summed E-state index contributed by atoms with van der Waals surface area (Å²) in [6, 6.07) is 6.20. The number of hydrogen-bond donors (Lipinski definition) is 1. The Hall–Kier alpha value is -2.26. The van der Waals surface area contributed by atoms with Gasteiger partial charge in [0, 0.05) is 36.8 Å². The number of nitrogens with zero attached hydrogens (tertiary/aromatic N) is 3. The van der Waals surface area contributed by atoms with Crippen LogP contribution >= 0.6 is 0 Å². The fraction of sp³-hybridized carbons (Fsp3) is 0.500. The lowest BCUT2D eigenvalue weighted by atomic mass is 10.0. The van der Waals surface area contributed by atoms with Crippen LogP contribution in [0.2, 0.25) is 0 Å². The molecule has 2 fully saturated rings. The van der Waals surface area contributed by atoms with Crippen LogP contribution < -0.4 is 5.32 Å². The standard InChI is InChI=1S/C18H22N4O4S/c1-12-10-14(20-18(23)15-11-16(26-21-15)13-5-6-13)7-9-22(12)27(24,25)17-4-2-3-8-19-17/h2-4,8,11-14H,5-7,9-10H2,1H3,(H,20,23)/t12-,14-/m0/s1. The molecule has 2 aromatic heterocycles. The van der Waals surface area contributed by atoms with E-state index in [1.807, 2.05) is 6.92 Å². The molecule has 0 spiro atoms. The molecule has 1 amide bonds. The van der Waals surface area contributed by atoms with Crippen molar-refractivity contribution in [1.82, 2.24) is 19.8 Å². The molecule has 2 aromatic rings. The summed E-state index contributed by atoms with van der Waals surface area (Å²) >= 11 is 0. The smallest absolute Gasteiger partial charge is 0.273 e. The Morgan fingerprint density at radius 3 is 2.78 bits per heavy atom. The van der Waals surface area contributed by atoms with Gasteiger partial charge in [0.15, 0.2) is 10.7 Å². The number of pyridine rings is 1. The maximum Gasteiger partial charge on any atom is 0.273 e. The molecule has 1 aliphatic carbocycles. The van der Waals surface area contributed by atoms with Crippen molar-refractivity contribution < 1.29 is 17.7 Å². The Balaban J connectivity index is 1.38. The summed E-state index contributed by atoms with van der Waals surface area (Å²) in [7, 11) is -3.63. The van der Waals surface area contributed by atoms with Crippen LogP contribution in [-0.4, -0.2) is 47.4 Å². The van der Waals surface area contributed by atoms with E-state index in [1.54, 1.807) is 18.2 Å². The predicted molar refractivity (Wildman–Crippen MR) is 96.6 cm³/mol. The van der Waals surface area contributed by atoms with Gasteiger partial charge in [-0.05, 0) is 44.7 Å². The van der Waals surface area contributed by atoms with Crippen LogP contribution in [0, 0.1) is 0 Å². The molecule has 9 heteroatoms. The second-order valence-electron chi connectivity index (χ2n) is 7.22. The van der Waals surface area contributed by atoms with Gasteiger partial charge in [-0.2, -0.15) is 4.31 Å². The van der Waals surface area contributed by atoms with Crippen molar-refractivity contribution in [2.24, 2.45) is 0 Å². The van der Waals surface area contributed by atoms with Crippen molar-refractivity contribution in [3.05, 3.63) is 41.9 Å². The number of amides is 1. The summed E-state index contributed by atoms with van der Waals surface area (Å²) in [5, 5.41) is 6.86. The summed E-state index contributed by atoms with van der Waals surface area (Å²) in [6.07, 6.45) is 4.70. The Kier molecular flexibility index (Phi) is 4.73. The first-order valence-corrected chi connectivity index (χ1v) is 10.6. The number of aromatic nitrogens is 2. The van der Waals surface area contributed by atoms with Gasteiger partial charge < -0.3 is 9.84 Å². The zero-order chi connectivity index (χ0) is 19.0. The summed E-state index contributed by atoms with van der Waals surface area (Å²) in [5.41, 5.74) is 0.285. The van der Waals surface area contributed by atoms with Crippen LogP contribution in [-0.2, 0) is 10.0 Å². The maximum atomic E-state index is 12.8. The van der Waals surface area contributed by atoms with Gasteiger partial charge in [-0.25, -0.2) is 13.4 Å². The lowest BCUT2D eigenvalue weighted by molar-refractivity contribution is 0.0905. The monoisotopic (exact) mass is 390 g/mol. The molecule has 1 saturated carbocycles. The van der Waals surface area contributed by atoms with E-state index in [0.717, 1.165) is 18.6 Å². The van der Waals surface area contributed by atoms with E-state index in [9.17, 15) is 13.2 Å². The molecule has 0 radical (unpaired) electrons. The van der Waals surface area contributed by atoms with E-state index in [2.05, 4.69) is 15.5 Å². The first kappa shape index (κ1) is 18.1. The second kappa shape index (κ2) is 7.05. The highest BCUT2D eigenvalue weighted by molar-refractivity contribution is 7.89. The molecule has 2 aliphatic rings. The molecular weight excluding hydrogens is 368 g/mol. The van der Waals surface area contributed by atoms with Crippen molar-refractivity contribution in [3.8, 4) is 0 Å². The summed E-state index contributed by atoms with van der Waals surface area (Å²) < 4.78 is 32.2. The lowest BCUT2D eigenvalue weighted by Gasteiger charge is -2.36. The van der Waals surface area contributed by atoms with Crippen LogP contribution in [0.5, 0.6) is 0 Å². The van der Waals surface area contributed by atoms with Gasteiger partial charge in [-0.1, -0.05) is 11.2 Å². The Labute approximate surface area is 158 Å². The van der Waals surface area contributed by atoms with Gasteiger partial charge in [0.2, 0.25) is 0 Å². The number of rotatable bonds is 5. The molecule has 144 valence electrons. The van der Waals surface area contributed by atoms with Crippen molar-refractivity contribution in [2.75, 3.05) is 6.54 Å². The quantitative estimate of drug-likeness (QED) is 0.836. The minimum Gasteiger partial charge on any atom is -0.360 e. The van der Waals surface area contributed by atoms with Gasteiger partial charge in [0.1, 0.15) is 5.76 Å². The van der Waals surface area contributed by atoms with Gasteiger partial charge >= 0.3 is 0 Å². The fourth-order valence-electron chi connectivity index (χ4n) is 3.47. The third-order valence-corrected chi connectivity index (χ3v) is 7.03. The summed E-state index contributed by atoms with van der Waals surface area (Å²) in [4.78, 5) is 16.4. The number of sulfonamides is 1. The zero-order valence-corrected chi connectivity index (χ0v) is 15.9. The normalized spacial score (nSPS) is 23.9. The van der Waals surface area contributed by atoms with Crippen LogP contribution in [0.15, 0.2) is 40.0 Å². The van der Waals surface area contributed by atoms with Crippen LogP contribution in [0.4, 0.5) is 0 Å². The summed E-state index contributed by atoms with van der Waals surface area (Å²) in [6.45, 7) is 2.18. The van der Waals surface area contributed by atoms with Gasteiger partial charge in [0.25, 0.3) is 15.9 Å².